The van der Waals surface area contributed by atoms with E-state index in [2.05, 4.69) is 10.6 Å². The Morgan fingerprint density at radius 2 is 1.89 bits per heavy atom. The number of carbonyl (C=O) groups excluding carboxylic acids is 1. The number of urea groups is 1. The van der Waals surface area contributed by atoms with Gasteiger partial charge in [-0.2, -0.15) is 0 Å². The van der Waals surface area contributed by atoms with E-state index in [1.165, 1.54) is 0 Å². The molecule has 2 amide bonds. The number of benzene rings is 1. The minimum absolute atomic E-state index is 0.0206. The summed E-state index contributed by atoms with van der Waals surface area (Å²) in [5.74, 6) is 0.449. The average molecular weight is 287 g/mol. The number of rotatable bonds is 6. The monoisotopic (exact) mass is 287 g/mol. The van der Waals surface area contributed by atoms with Crippen LogP contribution < -0.4 is 20.5 Å². The van der Waals surface area contributed by atoms with Crippen LogP contribution in [-0.4, -0.2) is 33.9 Å². The number of sulfonamides is 1. The molecule has 0 radical (unpaired) electrons. The molecule has 4 N–H and O–H groups in total. The highest BCUT2D eigenvalue weighted by Gasteiger charge is 2.04. The molecule has 0 bridgehead atoms. The van der Waals surface area contributed by atoms with Crippen LogP contribution in [0.5, 0.6) is 5.75 Å². The van der Waals surface area contributed by atoms with Gasteiger partial charge in [0.25, 0.3) is 0 Å². The molecule has 0 atom stereocenters. The predicted molar refractivity (Wildman–Crippen MR) is 71.2 cm³/mol. The molecule has 106 valence electrons. The van der Waals surface area contributed by atoms with E-state index in [1.54, 1.807) is 19.2 Å². The van der Waals surface area contributed by atoms with Crippen LogP contribution in [0.3, 0.4) is 0 Å². The molecule has 0 aromatic heterocycles. The first-order valence-electron chi connectivity index (χ1n) is 5.56. The topological polar surface area (TPSA) is 111 Å². The zero-order chi connectivity index (χ0) is 14.3. The minimum Gasteiger partial charge on any atom is -0.497 e. The maximum Gasteiger partial charge on any atom is 0.315 e. The Morgan fingerprint density at radius 1 is 1.26 bits per heavy atom. The molecule has 0 fully saturated rings. The second-order valence-corrected chi connectivity index (χ2v) is 5.56. The van der Waals surface area contributed by atoms with Gasteiger partial charge in [0.1, 0.15) is 5.75 Å². The van der Waals surface area contributed by atoms with Crippen LogP contribution >= 0.6 is 0 Å². The maximum atomic E-state index is 11.3. The van der Waals surface area contributed by atoms with Crippen molar-refractivity contribution < 1.29 is 17.9 Å². The van der Waals surface area contributed by atoms with Crippen molar-refractivity contribution in [3.8, 4) is 5.75 Å². The summed E-state index contributed by atoms with van der Waals surface area (Å²) in [5.41, 5.74) is 0.905. The molecule has 0 saturated heterocycles. The van der Waals surface area contributed by atoms with Crippen LogP contribution in [-0.2, 0) is 16.6 Å². The Kier molecular flexibility index (Phi) is 5.58. The largest absolute Gasteiger partial charge is 0.497 e. The number of amides is 2. The summed E-state index contributed by atoms with van der Waals surface area (Å²) in [7, 11) is -1.98. The van der Waals surface area contributed by atoms with Crippen LogP contribution in [0, 0.1) is 0 Å². The second-order valence-electron chi connectivity index (χ2n) is 3.82. The van der Waals surface area contributed by atoms with Gasteiger partial charge >= 0.3 is 6.03 Å². The summed E-state index contributed by atoms with van der Waals surface area (Å²) in [4.78, 5) is 11.3. The van der Waals surface area contributed by atoms with E-state index in [0.717, 1.165) is 11.3 Å². The van der Waals surface area contributed by atoms with Gasteiger partial charge in [-0.15, -0.1) is 0 Å². The van der Waals surface area contributed by atoms with E-state index in [0.29, 0.717) is 6.54 Å². The summed E-state index contributed by atoms with van der Waals surface area (Å²) in [6.07, 6.45) is 0. The van der Waals surface area contributed by atoms with Crippen LogP contribution in [0.2, 0.25) is 0 Å². The molecular formula is C11H17N3O4S. The van der Waals surface area contributed by atoms with Crippen molar-refractivity contribution in [1.82, 2.24) is 10.6 Å². The standard InChI is InChI=1S/C11H17N3O4S/c1-18-10-4-2-9(3-5-10)8-14-11(15)13-6-7-19(12,16)17/h2-5H,6-8H2,1H3,(H2,12,16,17)(H2,13,14,15). The summed E-state index contributed by atoms with van der Waals surface area (Å²) < 4.78 is 26.3. The summed E-state index contributed by atoms with van der Waals surface area (Å²) in [6.45, 7) is 0.318. The summed E-state index contributed by atoms with van der Waals surface area (Å²) in [6, 6.07) is 6.78. The molecule has 0 unspecified atom stereocenters. The van der Waals surface area contributed by atoms with Crippen molar-refractivity contribution in [1.29, 1.82) is 0 Å². The van der Waals surface area contributed by atoms with Gasteiger partial charge in [-0.25, -0.2) is 18.4 Å². The lowest BCUT2D eigenvalue weighted by Gasteiger charge is -2.07. The number of hydrogen-bond donors (Lipinski definition) is 3. The predicted octanol–water partition coefficient (Wildman–Crippen LogP) is -0.217. The molecule has 0 aliphatic heterocycles. The van der Waals surface area contributed by atoms with Crippen molar-refractivity contribution in [2.45, 2.75) is 6.54 Å². The number of ether oxygens (including phenoxy) is 1. The smallest absolute Gasteiger partial charge is 0.315 e. The quantitative estimate of drug-likeness (QED) is 0.672. The Hall–Kier alpha value is -1.80. The van der Waals surface area contributed by atoms with Gasteiger partial charge in [-0.1, -0.05) is 12.1 Å². The molecule has 1 aromatic rings. The highest BCUT2D eigenvalue weighted by Crippen LogP contribution is 2.10. The minimum atomic E-state index is -3.55. The molecule has 0 saturated carbocycles. The third-order valence-electron chi connectivity index (χ3n) is 2.28. The molecule has 8 heteroatoms. The molecule has 0 heterocycles. The zero-order valence-electron chi connectivity index (χ0n) is 10.5. The van der Waals surface area contributed by atoms with E-state index in [9.17, 15) is 13.2 Å². The van der Waals surface area contributed by atoms with Gasteiger partial charge in [0, 0.05) is 13.1 Å². The Morgan fingerprint density at radius 3 is 2.42 bits per heavy atom. The molecular weight excluding hydrogens is 270 g/mol. The van der Waals surface area contributed by atoms with Gasteiger partial charge in [-0.05, 0) is 17.7 Å². The van der Waals surface area contributed by atoms with Gasteiger partial charge in [-0.3, -0.25) is 0 Å². The summed E-state index contributed by atoms with van der Waals surface area (Å²) in [5, 5.41) is 9.80. The van der Waals surface area contributed by atoms with E-state index < -0.39 is 16.1 Å². The Balaban J connectivity index is 2.29. The van der Waals surface area contributed by atoms with Crippen molar-refractivity contribution in [3.05, 3.63) is 29.8 Å². The average Bonchev–Trinajstić information content (AvgIpc) is 2.35. The van der Waals surface area contributed by atoms with Gasteiger partial charge < -0.3 is 15.4 Å². The van der Waals surface area contributed by atoms with Gasteiger partial charge in [0.2, 0.25) is 10.0 Å². The van der Waals surface area contributed by atoms with Crippen LogP contribution in [0.25, 0.3) is 0 Å². The maximum absolute atomic E-state index is 11.3. The van der Waals surface area contributed by atoms with Crippen LogP contribution in [0.4, 0.5) is 4.79 Å². The number of hydrogen-bond acceptors (Lipinski definition) is 4. The SMILES string of the molecule is COc1ccc(CNC(=O)NCCS(N)(=O)=O)cc1. The number of nitrogens with one attached hydrogen (secondary N) is 2. The molecule has 7 nitrogen and oxygen atoms in total. The number of primary sulfonamides is 1. The van der Waals surface area contributed by atoms with E-state index in [4.69, 9.17) is 9.88 Å². The Bertz CT molecular complexity index is 513. The highest BCUT2D eigenvalue weighted by molar-refractivity contribution is 7.89. The number of methoxy groups -OCH3 is 1. The fourth-order valence-electron chi connectivity index (χ4n) is 1.30. The fourth-order valence-corrected chi connectivity index (χ4v) is 1.68. The fraction of sp³-hybridized carbons (Fsp3) is 0.364. The first-order valence-corrected chi connectivity index (χ1v) is 7.27. The molecule has 1 rings (SSSR count). The van der Waals surface area contributed by atoms with Crippen molar-refractivity contribution in [2.24, 2.45) is 5.14 Å². The normalized spacial score (nSPS) is 10.8. The van der Waals surface area contributed by atoms with Crippen LogP contribution in [0.15, 0.2) is 24.3 Å². The van der Waals surface area contributed by atoms with Crippen molar-refractivity contribution in [2.75, 3.05) is 19.4 Å². The highest BCUT2D eigenvalue weighted by atomic mass is 32.2. The number of nitrogens with two attached hydrogens (primary N) is 1. The lowest BCUT2D eigenvalue weighted by molar-refractivity contribution is 0.241. The summed E-state index contributed by atoms with van der Waals surface area (Å²) >= 11 is 0. The van der Waals surface area contributed by atoms with E-state index >= 15 is 0 Å². The third kappa shape index (κ3) is 6.63. The molecule has 19 heavy (non-hydrogen) atoms. The van der Waals surface area contributed by atoms with Gasteiger partial charge in [0.15, 0.2) is 0 Å². The lowest BCUT2D eigenvalue weighted by Crippen LogP contribution is -2.38. The Labute approximate surface area is 112 Å². The molecule has 0 aliphatic rings. The van der Waals surface area contributed by atoms with Crippen LogP contribution in [0.1, 0.15) is 5.56 Å². The molecule has 0 aliphatic carbocycles. The number of carbonyl (C=O) groups is 1. The van der Waals surface area contributed by atoms with Gasteiger partial charge in [0.05, 0.1) is 12.9 Å². The zero-order valence-corrected chi connectivity index (χ0v) is 11.4. The molecule has 1 aromatic carbocycles. The van der Waals surface area contributed by atoms with E-state index in [1.807, 2.05) is 12.1 Å². The van der Waals surface area contributed by atoms with E-state index in [-0.39, 0.29) is 12.3 Å². The molecule has 0 spiro atoms. The lowest BCUT2D eigenvalue weighted by atomic mass is 10.2. The second kappa shape index (κ2) is 6.95. The van der Waals surface area contributed by atoms with Crippen molar-refractivity contribution in [3.63, 3.8) is 0 Å². The third-order valence-corrected chi connectivity index (χ3v) is 3.06. The van der Waals surface area contributed by atoms with Crippen molar-refractivity contribution >= 4 is 16.1 Å². The first-order chi connectivity index (χ1) is 8.90. The first kappa shape index (κ1) is 15.3.